The number of piperidine rings is 1. The lowest BCUT2D eigenvalue weighted by atomic mass is 10.0. The van der Waals surface area contributed by atoms with Crippen LogP contribution in [0.3, 0.4) is 0 Å². The smallest absolute Gasteiger partial charge is 0.123 e. The van der Waals surface area contributed by atoms with Gasteiger partial charge in [-0.2, -0.15) is 0 Å². The molecule has 2 rings (SSSR count). The number of hydrogen-bond acceptors (Lipinski definition) is 2. The van der Waals surface area contributed by atoms with E-state index in [4.69, 9.17) is 0 Å². The van der Waals surface area contributed by atoms with Crippen molar-refractivity contribution in [1.82, 2.24) is 0 Å². The van der Waals surface area contributed by atoms with Gasteiger partial charge in [-0.1, -0.05) is 0 Å². The van der Waals surface area contributed by atoms with Crippen LogP contribution in [-0.2, 0) is 0 Å². The number of anilines is 1. The summed E-state index contributed by atoms with van der Waals surface area (Å²) < 4.78 is 12.8. The minimum atomic E-state index is -0.212. The van der Waals surface area contributed by atoms with Crippen LogP contribution in [0.5, 0.6) is 0 Å². The Morgan fingerprint density at radius 1 is 1.27 bits per heavy atom. The van der Waals surface area contributed by atoms with E-state index in [1.807, 2.05) is 0 Å². The Labute approximate surface area is 89.3 Å². The van der Waals surface area contributed by atoms with Gasteiger partial charge in [-0.25, -0.2) is 4.39 Å². The summed E-state index contributed by atoms with van der Waals surface area (Å²) >= 11 is 0. The molecule has 1 atom stereocenters. The van der Waals surface area contributed by atoms with Gasteiger partial charge in [-0.3, -0.25) is 0 Å². The first-order valence-electron chi connectivity index (χ1n) is 5.44. The molecule has 0 aliphatic carbocycles. The zero-order valence-corrected chi connectivity index (χ0v) is 8.69. The average Bonchev–Trinajstić information content (AvgIpc) is 2.30. The molecule has 0 amide bonds. The first-order chi connectivity index (χ1) is 7.31. The van der Waals surface area contributed by atoms with Gasteiger partial charge in [0.1, 0.15) is 5.82 Å². The molecule has 1 aliphatic heterocycles. The summed E-state index contributed by atoms with van der Waals surface area (Å²) in [6.07, 6.45) is 3.34. The summed E-state index contributed by atoms with van der Waals surface area (Å²) in [4.78, 5) is 2.17. The summed E-state index contributed by atoms with van der Waals surface area (Å²) in [6.45, 7) is 1.13. The molecular formula is C12H16FNO. The van der Waals surface area contributed by atoms with Crippen molar-refractivity contribution in [2.75, 3.05) is 18.1 Å². The van der Waals surface area contributed by atoms with Gasteiger partial charge in [0, 0.05) is 12.2 Å². The van der Waals surface area contributed by atoms with Crippen LogP contribution < -0.4 is 4.90 Å². The number of nitrogens with zero attached hydrogens (tertiary/aromatic N) is 1. The zero-order valence-electron chi connectivity index (χ0n) is 8.69. The molecule has 3 heteroatoms. The minimum absolute atomic E-state index is 0.178. The van der Waals surface area contributed by atoms with Crippen LogP contribution in [-0.4, -0.2) is 24.3 Å². The van der Waals surface area contributed by atoms with Gasteiger partial charge < -0.3 is 10.0 Å². The molecule has 1 heterocycles. The van der Waals surface area contributed by atoms with Gasteiger partial charge in [0.25, 0.3) is 0 Å². The molecule has 0 aromatic heterocycles. The first-order valence-corrected chi connectivity index (χ1v) is 5.44. The lowest BCUT2D eigenvalue weighted by Gasteiger charge is -2.36. The predicted octanol–water partition coefficient (Wildman–Crippen LogP) is 2.18. The number of hydrogen-bond donors (Lipinski definition) is 1. The van der Waals surface area contributed by atoms with Crippen molar-refractivity contribution in [1.29, 1.82) is 0 Å². The fourth-order valence-electron chi connectivity index (χ4n) is 2.16. The molecule has 0 radical (unpaired) electrons. The molecule has 1 unspecified atom stereocenters. The fourth-order valence-corrected chi connectivity index (χ4v) is 2.16. The van der Waals surface area contributed by atoms with Crippen molar-refractivity contribution < 1.29 is 9.50 Å². The van der Waals surface area contributed by atoms with Crippen molar-refractivity contribution >= 4 is 5.69 Å². The molecule has 0 saturated carbocycles. The Hall–Kier alpha value is -1.09. The van der Waals surface area contributed by atoms with E-state index in [9.17, 15) is 9.50 Å². The van der Waals surface area contributed by atoms with Gasteiger partial charge in [-0.05, 0) is 43.5 Å². The number of aliphatic hydroxyl groups excluding tert-OH is 1. The largest absolute Gasteiger partial charge is 0.394 e. The van der Waals surface area contributed by atoms with Crippen LogP contribution >= 0.6 is 0 Å². The normalized spacial score (nSPS) is 21.7. The summed E-state index contributed by atoms with van der Waals surface area (Å²) in [5.74, 6) is -0.212. The number of rotatable bonds is 2. The van der Waals surface area contributed by atoms with Crippen LogP contribution in [0.2, 0.25) is 0 Å². The lowest BCUT2D eigenvalue weighted by molar-refractivity contribution is 0.240. The van der Waals surface area contributed by atoms with E-state index in [0.29, 0.717) is 0 Å². The molecule has 1 fully saturated rings. The molecule has 82 valence electrons. The summed E-state index contributed by atoms with van der Waals surface area (Å²) in [5, 5.41) is 9.26. The summed E-state index contributed by atoms with van der Waals surface area (Å²) in [6, 6.07) is 6.70. The standard InChI is InChI=1S/C12H16FNO/c13-10-4-6-11(7-5-10)14-8-2-1-3-12(14)9-15/h4-7,12,15H,1-3,8-9H2. The highest BCUT2D eigenvalue weighted by Crippen LogP contribution is 2.24. The highest BCUT2D eigenvalue weighted by molar-refractivity contribution is 5.47. The quantitative estimate of drug-likeness (QED) is 0.807. The monoisotopic (exact) mass is 209 g/mol. The molecule has 1 aliphatic rings. The Balaban J connectivity index is 2.16. The molecule has 1 aromatic carbocycles. The van der Waals surface area contributed by atoms with E-state index in [-0.39, 0.29) is 18.5 Å². The Morgan fingerprint density at radius 2 is 2.00 bits per heavy atom. The lowest BCUT2D eigenvalue weighted by Crippen LogP contribution is -2.41. The van der Waals surface area contributed by atoms with Crippen LogP contribution in [0, 0.1) is 5.82 Å². The van der Waals surface area contributed by atoms with E-state index >= 15 is 0 Å². The molecule has 0 spiro atoms. The molecule has 1 saturated heterocycles. The van der Waals surface area contributed by atoms with E-state index < -0.39 is 0 Å². The Bertz CT molecular complexity index is 312. The van der Waals surface area contributed by atoms with Gasteiger partial charge in [0.05, 0.1) is 12.6 Å². The van der Waals surface area contributed by atoms with Crippen molar-refractivity contribution in [2.45, 2.75) is 25.3 Å². The van der Waals surface area contributed by atoms with E-state index in [2.05, 4.69) is 4.90 Å². The topological polar surface area (TPSA) is 23.5 Å². The highest BCUT2D eigenvalue weighted by Gasteiger charge is 2.21. The van der Waals surface area contributed by atoms with Gasteiger partial charge in [0.15, 0.2) is 0 Å². The van der Waals surface area contributed by atoms with Crippen molar-refractivity contribution in [2.24, 2.45) is 0 Å². The number of halogens is 1. The predicted molar refractivity (Wildman–Crippen MR) is 58.5 cm³/mol. The molecular weight excluding hydrogens is 193 g/mol. The van der Waals surface area contributed by atoms with Crippen LogP contribution in [0.25, 0.3) is 0 Å². The average molecular weight is 209 g/mol. The van der Waals surface area contributed by atoms with Gasteiger partial charge in [-0.15, -0.1) is 0 Å². The molecule has 15 heavy (non-hydrogen) atoms. The van der Waals surface area contributed by atoms with Crippen LogP contribution in [0.1, 0.15) is 19.3 Å². The maximum atomic E-state index is 12.8. The molecule has 0 bridgehead atoms. The fraction of sp³-hybridized carbons (Fsp3) is 0.500. The van der Waals surface area contributed by atoms with E-state index in [1.54, 1.807) is 12.1 Å². The maximum Gasteiger partial charge on any atom is 0.123 e. The third-order valence-electron chi connectivity index (χ3n) is 3.00. The van der Waals surface area contributed by atoms with E-state index in [1.165, 1.54) is 18.6 Å². The minimum Gasteiger partial charge on any atom is -0.394 e. The van der Waals surface area contributed by atoms with E-state index in [0.717, 1.165) is 25.1 Å². The second-order valence-electron chi connectivity index (χ2n) is 4.00. The molecule has 1 N–H and O–H groups in total. The second-order valence-corrected chi connectivity index (χ2v) is 4.00. The van der Waals surface area contributed by atoms with Gasteiger partial charge >= 0.3 is 0 Å². The van der Waals surface area contributed by atoms with Crippen molar-refractivity contribution in [3.63, 3.8) is 0 Å². The number of aliphatic hydroxyl groups is 1. The first kappa shape index (κ1) is 10.4. The highest BCUT2D eigenvalue weighted by atomic mass is 19.1. The van der Waals surface area contributed by atoms with Crippen LogP contribution in [0.15, 0.2) is 24.3 Å². The summed E-state index contributed by atoms with van der Waals surface area (Å²) in [5.41, 5.74) is 1.01. The third kappa shape index (κ3) is 2.29. The van der Waals surface area contributed by atoms with Gasteiger partial charge in [0.2, 0.25) is 0 Å². The molecule has 1 aromatic rings. The maximum absolute atomic E-state index is 12.8. The number of benzene rings is 1. The summed E-state index contributed by atoms with van der Waals surface area (Å²) in [7, 11) is 0. The van der Waals surface area contributed by atoms with Crippen molar-refractivity contribution in [3.8, 4) is 0 Å². The Morgan fingerprint density at radius 3 is 2.67 bits per heavy atom. The SMILES string of the molecule is OCC1CCCCN1c1ccc(F)cc1. The second kappa shape index (κ2) is 4.62. The Kier molecular flexibility index (Phi) is 3.21. The van der Waals surface area contributed by atoms with Crippen LogP contribution in [0.4, 0.5) is 10.1 Å². The van der Waals surface area contributed by atoms with Crippen molar-refractivity contribution in [3.05, 3.63) is 30.1 Å². The molecule has 2 nitrogen and oxygen atoms in total. The zero-order chi connectivity index (χ0) is 10.7. The third-order valence-corrected chi connectivity index (χ3v) is 3.00.